The Morgan fingerprint density at radius 2 is 1.97 bits per heavy atom. The molecular weight excluding hydrogens is 428 g/mol. The van der Waals surface area contributed by atoms with E-state index in [1.807, 2.05) is 0 Å². The van der Waals surface area contributed by atoms with Gasteiger partial charge in [-0.05, 0) is 37.1 Å². The van der Waals surface area contributed by atoms with Gasteiger partial charge in [-0.1, -0.05) is 11.2 Å². The smallest absolute Gasteiger partial charge is 0.252 e. The van der Waals surface area contributed by atoms with Crippen molar-refractivity contribution in [2.24, 2.45) is 0 Å². The molecule has 2 aliphatic heterocycles. The molecule has 0 N–H and O–H groups in total. The summed E-state index contributed by atoms with van der Waals surface area (Å²) >= 11 is 1.15. The number of carbonyl (C=O) groups excluding carboxylic acids is 1. The normalized spacial score (nSPS) is 19.5. The Kier molecular flexibility index (Phi) is 6.51. The first-order chi connectivity index (χ1) is 14.4. The zero-order valence-electron chi connectivity index (χ0n) is 16.9. The molecule has 4 rings (SSSR count). The van der Waals surface area contributed by atoms with Crippen LogP contribution in [0.5, 0.6) is 0 Å². The van der Waals surface area contributed by atoms with Crippen LogP contribution in [0.1, 0.15) is 49.2 Å². The first-order valence-corrected chi connectivity index (χ1v) is 12.5. The molecule has 2 aliphatic rings. The number of rotatable bonds is 6. The number of likely N-dealkylation sites (tertiary alicyclic amines) is 1. The molecule has 0 radical (unpaired) electrons. The van der Waals surface area contributed by atoms with Crippen molar-refractivity contribution in [3.63, 3.8) is 0 Å². The van der Waals surface area contributed by atoms with E-state index < -0.39 is 10.0 Å². The molecule has 2 fully saturated rings. The fraction of sp³-hybridized carbons (Fsp3) is 0.632. The first kappa shape index (κ1) is 21.4. The molecule has 11 heteroatoms. The maximum Gasteiger partial charge on any atom is 0.252 e. The fourth-order valence-electron chi connectivity index (χ4n) is 3.85. The molecule has 2 aromatic rings. The number of hydrogen-bond acceptors (Lipinski definition) is 8. The Morgan fingerprint density at radius 1 is 1.23 bits per heavy atom. The van der Waals surface area contributed by atoms with Crippen LogP contribution in [0.3, 0.4) is 0 Å². The quantitative estimate of drug-likeness (QED) is 0.658. The van der Waals surface area contributed by atoms with Gasteiger partial charge in [0.25, 0.3) is 10.0 Å². The molecule has 9 nitrogen and oxygen atoms in total. The monoisotopic (exact) mass is 454 g/mol. The zero-order valence-corrected chi connectivity index (χ0v) is 18.5. The van der Waals surface area contributed by atoms with Crippen LogP contribution in [0.2, 0.25) is 0 Å². The summed E-state index contributed by atoms with van der Waals surface area (Å²) in [6.07, 6.45) is 3.27. The highest BCUT2D eigenvalue weighted by molar-refractivity contribution is 7.91. The molecule has 0 saturated carbocycles. The lowest BCUT2D eigenvalue weighted by atomic mass is 9.96. The maximum absolute atomic E-state index is 12.6. The number of nitrogens with zero attached hydrogens (tertiary/aromatic N) is 4. The van der Waals surface area contributed by atoms with Gasteiger partial charge in [0.2, 0.25) is 11.8 Å². The summed E-state index contributed by atoms with van der Waals surface area (Å²) in [5.74, 6) is 1.62. The number of carbonyl (C=O) groups is 1. The van der Waals surface area contributed by atoms with Crippen molar-refractivity contribution in [1.29, 1.82) is 0 Å². The first-order valence-electron chi connectivity index (χ1n) is 10.1. The van der Waals surface area contributed by atoms with Gasteiger partial charge in [-0.3, -0.25) is 4.79 Å². The van der Waals surface area contributed by atoms with Crippen LogP contribution < -0.4 is 0 Å². The summed E-state index contributed by atoms with van der Waals surface area (Å²) in [6.45, 7) is 2.38. The predicted molar refractivity (Wildman–Crippen MR) is 110 cm³/mol. The van der Waals surface area contributed by atoms with Gasteiger partial charge in [-0.2, -0.15) is 9.29 Å². The second kappa shape index (κ2) is 9.13. The molecule has 30 heavy (non-hydrogen) atoms. The van der Waals surface area contributed by atoms with E-state index in [4.69, 9.17) is 9.26 Å². The van der Waals surface area contributed by atoms with E-state index in [9.17, 15) is 13.2 Å². The van der Waals surface area contributed by atoms with Crippen molar-refractivity contribution >= 4 is 27.3 Å². The van der Waals surface area contributed by atoms with E-state index in [2.05, 4.69) is 10.1 Å². The standard InChI is InChI=1S/C19H26N4O5S2/c1-22(30(25,26)17-3-2-12-29-17)13-16(24)23-8-4-15(5-9-23)19-20-18(21-28-19)14-6-10-27-11-7-14/h2-3,12,14-15H,4-11,13H2,1H3. The number of amides is 1. The third kappa shape index (κ3) is 4.58. The lowest BCUT2D eigenvalue weighted by molar-refractivity contribution is -0.132. The highest BCUT2D eigenvalue weighted by Gasteiger charge is 2.31. The molecule has 0 aliphatic carbocycles. The highest BCUT2D eigenvalue weighted by Crippen LogP contribution is 2.30. The summed E-state index contributed by atoms with van der Waals surface area (Å²) in [4.78, 5) is 19.0. The van der Waals surface area contributed by atoms with Crippen molar-refractivity contribution in [3.8, 4) is 0 Å². The number of aromatic nitrogens is 2. The molecule has 164 valence electrons. The van der Waals surface area contributed by atoms with Crippen molar-refractivity contribution in [1.82, 2.24) is 19.3 Å². The summed E-state index contributed by atoms with van der Waals surface area (Å²) in [5, 5.41) is 5.87. The molecule has 0 spiro atoms. The van der Waals surface area contributed by atoms with Gasteiger partial charge in [0.15, 0.2) is 5.82 Å². The Morgan fingerprint density at radius 3 is 2.63 bits per heavy atom. The Bertz CT molecular complexity index is 945. The second-order valence-corrected chi connectivity index (χ2v) is 10.9. The van der Waals surface area contributed by atoms with Crippen LogP contribution in [0.4, 0.5) is 0 Å². The minimum atomic E-state index is -3.63. The van der Waals surface area contributed by atoms with Crippen LogP contribution >= 0.6 is 11.3 Å². The van der Waals surface area contributed by atoms with Crippen molar-refractivity contribution in [2.45, 2.75) is 41.7 Å². The number of piperidine rings is 1. The van der Waals surface area contributed by atoms with Gasteiger partial charge >= 0.3 is 0 Å². The SMILES string of the molecule is CN(CC(=O)N1CCC(c2nc(C3CCOCC3)no2)CC1)S(=O)(=O)c1cccs1. The van der Waals surface area contributed by atoms with E-state index in [-0.39, 0.29) is 22.6 Å². The lowest BCUT2D eigenvalue weighted by Gasteiger charge is -2.31. The zero-order chi connectivity index (χ0) is 21.1. The van der Waals surface area contributed by atoms with Crippen LogP contribution in [0.15, 0.2) is 26.2 Å². The second-order valence-electron chi connectivity index (χ2n) is 7.73. The van der Waals surface area contributed by atoms with Gasteiger partial charge in [-0.25, -0.2) is 8.42 Å². The number of thiophene rings is 1. The third-order valence-corrected chi connectivity index (χ3v) is 8.93. The molecule has 2 aromatic heterocycles. The van der Waals surface area contributed by atoms with E-state index in [0.29, 0.717) is 24.9 Å². The average molecular weight is 455 g/mol. The Labute approximate surface area is 180 Å². The average Bonchev–Trinajstić information content (AvgIpc) is 3.47. The van der Waals surface area contributed by atoms with Gasteiger partial charge < -0.3 is 14.2 Å². The molecule has 2 saturated heterocycles. The van der Waals surface area contributed by atoms with Crippen LogP contribution in [-0.2, 0) is 19.6 Å². The van der Waals surface area contributed by atoms with E-state index >= 15 is 0 Å². The number of hydrogen-bond donors (Lipinski definition) is 0. The topological polar surface area (TPSA) is 106 Å². The summed E-state index contributed by atoms with van der Waals surface area (Å²) in [7, 11) is -2.19. The fourth-order valence-corrected chi connectivity index (χ4v) is 6.17. The summed E-state index contributed by atoms with van der Waals surface area (Å²) < 4.78 is 37.3. The van der Waals surface area contributed by atoms with E-state index in [1.54, 1.807) is 22.4 Å². The number of ether oxygens (including phenoxy) is 1. The van der Waals surface area contributed by atoms with Gasteiger partial charge in [0.1, 0.15) is 4.21 Å². The van der Waals surface area contributed by atoms with Crippen LogP contribution in [-0.4, -0.2) is 73.6 Å². The van der Waals surface area contributed by atoms with E-state index in [0.717, 1.165) is 60.4 Å². The van der Waals surface area contributed by atoms with Gasteiger partial charge in [-0.15, -0.1) is 11.3 Å². The minimum Gasteiger partial charge on any atom is -0.381 e. The molecule has 1 amide bonds. The maximum atomic E-state index is 12.6. The van der Waals surface area contributed by atoms with Crippen molar-refractivity contribution in [3.05, 3.63) is 29.2 Å². The molecule has 4 heterocycles. The van der Waals surface area contributed by atoms with Crippen molar-refractivity contribution in [2.75, 3.05) is 39.9 Å². The van der Waals surface area contributed by atoms with Gasteiger partial charge in [0.05, 0.1) is 6.54 Å². The molecule has 0 unspecified atom stereocenters. The lowest BCUT2D eigenvalue weighted by Crippen LogP contribution is -2.44. The largest absolute Gasteiger partial charge is 0.381 e. The Balaban J connectivity index is 1.30. The molecular formula is C19H26N4O5S2. The summed E-state index contributed by atoms with van der Waals surface area (Å²) in [5.41, 5.74) is 0. The van der Waals surface area contributed by atoms with Crippen molar-refractivity contribution < 1.29 is 22.5 Å². The van der Waals surface area contributed by atoms with E-state index in [1.165, 1.54) is 7.05 Å². The predicted octanol–water partition coefficient (Wildman–Crippen LogP) is 2.05. The minimum absolute atomic E-state index is 0.128. The Hall–Kier alpha value is -1.82. The van der Waals surface area contributed by atoms with Gasteiger partial charge in [0, 0.05) is 45.2 Å². The molecule has 0 aromatic carbocycles. The highest BCUT2D eigenvalue weighted by atomic mass is 32.2. The van der Waals surface area contributed by atoms with Crippen LogP contribution in [0.25, 0.3) is 0 Å². The summed E-state index contributed by atoms with van der Waals surface area (Å²) in [6, 6.07) is 3.23. The van der Waals surface area contributed by atoms with Crippen LogP contribution in [0, 0.1) is 0 Å². The number of likely N-dealkylation sites (N-methyl/N-ethyl adjacent to an activating group) is 1. The number of sulfonamides is 1. The third-order valence-electron chi connectivity index (χ3n) is 5.76. The molecule has 0 bridgehead atoms. The molecule has 0 atom stereocenters.